The zero-order valence-corrected chi connectivity index (χ0v) is 10.2. The van der Waals surface area contributed by atoms with Gasteiger partial charge in [0.25, 0.3) is 0 Å². The van der Waals surface area contributed by atoms with E-state index in [1.165, 1.54) is 4.68 Å². The lowest BCUT2D eigenvalue weighted by molar-refractivity contribution is 0.0688. The number of carboxylic acid groups (broad SMARTS) is 1. The van der Waals surface area contributed by atoms with Gasteiger partial charge in [0.15, 0.2) is 5.69 Å². The summed E-state index contributed by atoms with van der Waals surface area (Å²) in [6.45, 7) is 0.692. The van der Waals surface area contributed by atoms with Crippen molar-refractivity contribution in [2.75, 3.05) is 13.7 Å². The van der Waals surface area contributed by atoms with E-state index in [0.717, 1.165) is 12.8 Å². The Balaban J connectivity index is 2.14. The van der Waals surface area contributed by atoms with Gasteiger partial charge in [0, 0.05) is 13.5 Å². The van der Waals surface area contributed by atoms with E-state index in [4.69, 9.17) is 9.84 Å². The highest BCUT2D eigenvalue weighted by atomic mass is 16.5. The molecule has 1 fully saturated rings. The van der Waals surface area contributed by atoms with Gasteiger partial charge in [-0.3, -0.25) is 0 Å². The Hall–Kier alpha value is -1.47. The van der Waals surface area contributed by atoms with Gasteiger partial charge in [0.2, 0.25) is 0 Å². The number of carbonyl (C=O) groups is 1. The summed E-state index contributed by atoms with van der Waals surface area (Å²) >= 11 is 0. The first-order valence-electron chi connectivity index (χ1n) is 5.96. The zero-order valence-electron chi connectivity index (χ0n) is 10.2. The van der Waals surface area contributed by atoms with Gasteiger partial charge in [0.1, 0.15) is 0 Å². The second-order valence-corrected chi connectivity index (χ2v) is 4.52. The van der Waals surface area contributed by atoms with Gasteiger partial charge in [-0.2, -0.15) is 0 Å². The number of hydrogen-bond donors (Lipinski definition) is 2. The number of nitrogens with zero attached hydrogens (tertiary/aromatic N) is 3. The first-order valence-corrected chi connectivity index (χ1v) is 5.96. The number of carboxylic acids is 1. The van der Waals surface area contributed by atoms with E-state index in [9.17, 15) is 9.90 Å². The van der Waals surface area contributed by atoms with Gasteiger partial charge in [-0.25, -0.2) is 9.48 Å². The molecule has 2 rings (SSSR count). The van der Waals surface area contributed by atoms with Crippen LogP contribution in [0.2, 0.25) is 0 Å². The quantitative estimate of drug-likeness (QED) is 0.708. The fourth-order valence-corrected chi connectivity index (χ4v) is 1.90. The van der Waals surface area contributed by atoms with Gasteiger partial charge in [-0.15, -0.1) is 5.10 Å². The van der Waals surface area contributed by atoms with Crippen molar-refractivity contribution in [1.29, 1.82) is 0 Å². The summed E-state index contributed by atoms with van der Waals surface area (Å²) < 4.78 is 6.42. The molecule has 0 aromatic carbocycles. The number of hydrogen-bond acceptors (Lipinski definition) is 5. The molecule has 7 heteroatoms. The summed E-state index contributed by atoms with van der Waals surface area (Å²) in [7, 11) is 1.55. The number of aliphatic hydroxyl groups excluding tert-OH is 1. The van der Waals surface area contributed by atoms with E-state index in [1.54, 1.807) is 7.11 Å². The molecule has 0 bridgehead atoms. The second kappa shape index (κ2) is 5.45. The van der Waals surface area contributed by atoms with Crippen molar-refractivity contribution in [2.45, 2.75) is 31.9 Å². The molecule has 0 spiro atoms. The highest BCUT2D eigenvalue weighted by Gasteiger charge is 2.31. The maximum atomic E-state index is 11.0. The minimum Gasteiger partial charge on any atom is -0.476 e. The Morgan fingerprint density at radius 3 is 2.89 bits per heavy atom. The minimum atomic E-state index is -1.10. The molecule has 2 N–H and O–H groups in total. The second-order valence-electron chi connectivity index (χ2n) is 4.52. The Morgan fingerprint density at radius 1 is 1.61 bits per heavy atom. The highest BCUT2D eigenvalue weighted by Crippen LogP contribution is 2.33. The van der Waals surface area contributed by atoms with Crippen LogP contribution in [0.3, 0.4) is 0 Å². The molecule has 0 aliphatic heterocycles. The number of rotatable bonds is 7. The van der Waals surface area contributed by atoms with Crippen molar-refractivity contribution in [2.24, 2.45) is 5.92 Å². The molecule has 100 valence electrons. The molecular formula is C11H17N3O4. The minimum absolute atomic E-state index is 0.0601. The topological polar surface area (TPSA) is 97.5 Å². The largest absolute Gasteiger partial charge is 0.476 e. The van der Waals surface area contributed by atoms with Crippen LogP contribution in [0.4, 0.5) is 0 Å². The number of methoxy groups -OCH3 is 1. The molecule has 1 aliphatic rings. The van der Waals surface area contributed by atoms with Gasteiger partial charge < -0.3 is 14.9 Å². The van der Waals surface area contributed by atoms with Crippen molar-refractivity contribution >= 4 is 5.97 Å². The average molecular weight is 255 g/mol. The summed E-state index contributed by atoms with van der Waals surface area (Å²) in [6, 6.07) is 0. The zero-order chi connectivity index (χ0) is 13.1. The van der Waals surface area contributed by atoms with E-state index in [0.29, 0.717) is 31.2 Å². The summed E-state index contributed by atoms with van der Waals surface area (Å²) in [5, 5.41) is 26.3. The smallest absolute Gasteiger partial charge is 0.358 e. The van der Waals surface area contributed by atoms with Crippen molar-refractivity contribution in [3.63, 3.8) is 0 Å². The van der Waals surface area contributed by atoms with Crippen LogP contribution < -0.4 is 0 Å². The van der Waals surface area contributed by atoms with E-state index < -0.39 is 12.1 Å². The predicted octanol–water partition coefficient (Wildman–Crippen LogP) is -0.0639. The van der Waals surface area contributed by atoms with Gasteiger partial charge >= 0.3 is 5.97 Å². The molecule has 1 heterocycles. The Bertz CT molecular complexity index is 428. The van der Waals surface area contributed by atoms with Crippen molar-refractivity contribution < 1.29 is 19.7 Å². The molecule has 1 unspecified atom stereocenters. The molecule has 0 saturated heterocycles. The molecule has 0 amide bonds. The van der Waals surface area contributed by atoms with Crippen LogP contribution >= 0.6 is 0 Å². The van der Waals surface area contributed by atoms with Gasteiger partial charge in [-0.05, 0) is 18.8 Å². The van der Waals surface area contributed by atoms with E-state index >= 15 is 0 Å². The number of aromatic carboxylic acids is 1. The van der Waals surface area contributed by atoms with Crippen LogP contribution in [0.1, 0.15) is 29.0 Å². The maximum Gasteiger partial charge on any atom is 0.358 e. The molecule has 1 saturated carbocycles. The first-order chi connectivity index (χ1) is 8.63. The summed E-state index contributed by atoms with van der Waals surface area (Å²) in [5.41, 5.74) is 0.444. The van der Waals surface area contributed by atoms with Crippen LogP contribution in [0.15, 0.2) is 0 Å². The molecule has 1 aromatic heterocycles. The van der Waals surface area contributed by atoms with Crippen LogP contribution in [0.5, 0.6) is 0 Å². The molecule has 1 aliphatic carbocycles. The van der Waals surface area contributed by atoms with Crippen LogP contribution in [-0.4, -0.2) is 51.0 Å². The summed E-state index contributed by atoms with van der Waals surface area (Å²) in [4.78, 5) is 11.0. The number of aromatic nitrogens is 3. The van der Waals surface area contributed by atoms with Gasteiger partial charge in [-0.1, -0.05) is 5.21 Å². The summed E-state index contributed by atoms with van der Waals surface area (Å²) in [6.07, 6.45) is 1.99. The third-order valence-corrected chi connectivity index (χ3v) is 3.11. The first kappa shape index (κ1) is 13.0. The summed E-state index contributed by atoms with van der Waals surface area (Å²) in [5.74, 6) is -0.786. The lowest BCUT2D eigenvalue weighted by Gasteiger charge is -2.11. The average Bonchev–Trinajstić information content (AvgIpc) is 3.10. The van der Waals surface area contributed by atoms with E-state index in [2.05, 4.69) is 10.3 Å². The molecule has 0 radical (unpaired) electrons. The Morgan fingerprint density at radius 2 is 2.33 bits per heavy atom. The molecular weight excluding hydrogens is 238 g/mol. The number of aliphatic hydroxyl groups is 1. The normalized spacial score (nSPS) is 16.8. The monoisotopic (exact) mass is 255 g/mol. The number of ether oxygens (including phenoxy) is 1. The third-order valence-electron chi connectivity index (χ3n) is 3.11. The van der Waals surface area contributed by atoms with Crippen LogP contribution in [-0.2, 0) is 17.7 Å². The Labute approximate surface area is 104 Å². The third kappa shape index (κ3) is 2.85. The fourth-order valence-electron chi connectivity index (χ4n) is 1.90. The SMILES string of the molecule is COCCc1c(C(=O)O)nnn1CC(O)C1CC1. The van der Waals surface area contributed by atoms with E-state index in [-0.39, 0.29) is 5.69 Å². The highest BCUT2D eigenvalue weighted by molar-refractivity contribution is 5.86. The Kier molecular flexibility index (Phi) is 3.93. The predicted molar refractivity (Wildman–Crippen MR) is 61.3 cm³/mol. The van der Waals surface area contributed by atoms with Crippen molar-refractivity contribution in [3.8, 4) is 0 Å². The van der Waals surface area contributed by atoms with E-state index in [1.807, 2.05) is 0 Å². The van der Waals surface area contributed by atoms with Gasteiger partial charge in [0.05, 0.1) is 24.9 Å². The lowest BCUT2D eigenvalue weighted by atomic mass is 10.2. The maximum absolute atomic E-state index is 11.0. The molecule has 1 aromatic rings. The lowest BCUT2D eigenvalue weighted by Crippen LogP contribution is -2.21. The molecule has 7 nitrogen and oxygen atoms in total. The fraction of sp³-hybridized carbons (Fsp3) is 0.727. The van der Waals surface area contributed by atoms with Crippen molar-refractivity contribution in [1.82, 2.24) is 15.0 Å². The van der Waals surface area contributed by atoms with Crippen LogP contribution in [0.25, 0.3) is 0 Å². The van der Waals surface area contributed by atoms with Crippen LogP contribution in [0, 0.1) is 5.92 Å². The standard InChI is InChI=1S/C11H17N3O4/c1-18-5-4-8-10(11(16)17)12-13-14(8)6-9(15)7-2-3-7/h7,9,15H,2-6H2,1H3,(H,16,17). The van der Waals surface area contributed by atoms with Crippen molar-refractivity contribution in [3.05, 3.63) is 11.4 Å². The molecule has 1 atom stereocenters. The molecule has 18 heavy (non-hydrogen) atoms.